The van der Waals surface area contributed by atoms with E-state index in [9.17, 15) is 4.79 Å². The number of rotatable bonds is 3. The fourth-order valence-electron chi connectivity index (χ4n) is 2.23. The van der Waals surface area contributed by atoms with Gasteiger partial charge in [-0.25, -0.2) is 0 Å². The molecule has 1 aromatic carbocycles. The summed E-state index contributed by atoms with van der Waals surface area (Å²) in [6.07, 6.45) is 0. The van der Waals surface area contributed by atoms with E-state index in [0.717, 1.165) is 11.3 Å². The standard InChI is InChI=1S/C14H16N2O2/c1-9-3-4-11(6-15)13(5-9)16-7-12(8-16)10(2)14(17)18/h3-5,10,12H,7-8H2,1-2H3,(H,17,18). The summed E-state index contributed by atoms with van der Waals surface area (Å²) in [5.41, 5.74) is 2.69. The van der Waals surface area contributed by atoms with Crippen molar-refractivity contribution in [1.29, 1.82) is 5.26 Å². The number of aliphatic carboxylic acids is 1. The van der Waals surface area contributed by atoms with Crippen molar-refractivity contribution in [3.63, 3.8) is 0 Å². The van der Waals surface area contributed by atoms with E-state index in [-0.39, 0.29) is 11.8 Å². The van der Waals surface area contributed by atoms with Gasteiger partial charge in [0.05, 0.1) is 17.2 Å². The zero-order valence-electron chi connectivity index (χ0n) is 10.6. The lowest BCUT2D eigenvalue weighted by Gasteiger charge is -2.43. The summed E-state index contributed by atoms with van der Waals surface area (Å²) in [6, 6.07) is 7.90. The van der Waals surface area contributed by atoms with Gasteiger partial charge in [0, 0.05) is 19.0 Å². The maximum absolute atomic E-state index is 10.9. The van der Waals surface area contributed by atoms with E-state index >= 15 is 0 Å². The molecule has 4 heteroatoms. The van der Waals surface area contributed by atoms with Crippen molar-refractivity contribution in [2.24, 2.45) is 11.8 Å². The molecule has 1 N–H and O–H groups in total. The molecule has 4 nitrogen and oxygen atoms in total. The molecule has 1 fully saturated rings. The summed E-state index contributed by atoms with van der Waals surface area (Å²) in [5.74, 6) is -0.893. The van der Waals surface area contributed by atoms with Crippen LogP contribution in [0.5, 0.6) is 0 Å². The Morgan fingerprint density at radius 1 is 1.56 bits per heavy atom. The number of aryl methyl sites for hydroxylation is 1. The first kappa shape index (κ1) is 12.4. The van der Waals surface area contributed by atoms with Crippen LogP contribution in [0.2, 0.25) is 0 Å². The fraction of sp³-hybridized carbons (Fsp3) is 0.429. The van der Waals surface area contributed by atoms with Crippen LogP contribution in [0.4, 0.5) is 5.69 Å². The first-order chi connectivity index (χ1) is 8.52. The molecule has 1 aliphatic rings. The molecule has 1 saturated heterocycles. The number of nitrogens with zero attached hydrogens (tertiary/aromatic N) is 2. The number of carboxylic acids is 1. The predicted molar refractivity (Wildman–Crippen MR) is 68.4 cm³/mol. The quantitative estimate of drug-likeness (QED) is 0.883. The van der Waals surface area contributed by atoms with Gasteiger partial charge in [-0.3, -0.25) is 4.79 Å². The third kappa shape index (κ3) is 2.17. The van der Waals surface area contributed by atoms with Crippen LogP contribution < -0.4 is 4.90 Å². The van der Waals surface area contributed by atoms with Crippen LogP contribution in [0.15, 0.2) is 18.2 Å². The number of hydrogen-bond donors (Lipinski definition) is 1. The normalized spacial score (nSPS) is 16.8. The van der Waals surface area contributed by atoms with Crippen LogP contribution in [0.3, 0.4) is 0 Å². The highest BCUT2D eigenvalue weighted by molar-refractivity contribution is 5.71. The van der Waals surface area contributed by atoms with Crippen molar-refractivity contribution in [3.05, 3.63) is 29.3 Å². The largest absolute Gasteiger partial charge is 0.481 e. The van der Waals surface area contributed by atoms with Gasteiger partial charge in [0.1, 0.15) is 6.07 Å². The van der Waals surface area contributed by atoms with E-state index in [1.807, 2.05) is 25.1 Å². The van der Waals surface area contributed by atoms with Gasteiger partial charge < -0.3 is 10.0 Å². The number of hydrogen-bond acceptors (Lipinski definition) is 3. The molecule has 0 aromatic heterocycles. The highest BCUT2D eigenvalue weighted by Crippen LogP contribution is 2.32. The van der Waals surface area contributed by atoms with Crippen molar-refractivity contribution in [3.8, 4) is 6.07 Å². The lowest BCUT2D eigenvalue weighted by atomic mass is 9.86. The molecule has 1 aromatic rings. The summed E-state index contributed by atoms with van der Waals surface area (Å²) in [5, 5.41) is 18.0. The summed E-state index contributed by atoms with van der Waals surface area (Å²) >= 11 is 0. The van der Waals surface area contributed by atoms with Crippen LogP contribution in [-0.2, 0) is 4.79 Å². The Balaban J connectivity index is 2.11. The molecule has 1 heterocycles. The number of carbonyl (C=O) groups is 1. The molecule has 0 radical (unpaired) electrons. The predicted octanol–water partition coefficient (Wildman–Crippen LogP) is 2.02. The number of nitriles is 1. The molecule has 94 valence electrons. The second-order valence-electron chi connectivity index (χ2n) is 4.92. The van der Waals surface area contributed by atoms with E-state index in [0.29, 0.717) is 18.7 Å². The molecule has 0 bridgehead atoms. The van der Waals surface area contributed by atoms with Gasteiger partial charge in [0.15, 0.2) is 0 Å². The number of anilines is 1. The molecular formula is C14H16N2O2. The van der Waals surface area contributed by atoms with Gasteiger partial charge in [-0.05, 0) is 24.6 Å². The van der Waals surface area contributed by atoms with Gasteiger partial charge in [0.25, 0.3) is 0 Å². The fourth-order valence-corrected chi connectivity index (χ4v) is 2.23. The van der Waals surface area contributed by atoms with Crippen LogP contribution in [0.25, 0.3) is 0 Å². The van der Waals surface area contributed by atoms with Crippen molar-refractivity contribution >= 4 is 11.7 Å². The van der Waals surface area contributed by atoms with E-state index in [1.165, 1.54) is 0 Å². The second kappa shape index (κ2) is 4.69. The highest BCUT2D eigenvalue weighted by atomic mass is 16.4. The van der Waals surface area contributed by atoms with E-state index in [2.05, 4.69) is 11.0 Å². The van der Waals surface area contributed by atoms with Gasteiger partial charge in [-0.2, -0.15) is 5.26 Å². The Hall–Kier alpha value is -2.02. The maximum Gasteiger partial charge on any atom is 0.306 e. The second-order valence-corrected chi connectivity index (χ2v) is 4.92. The monoisotopic (exact) mass is 244 g/mol. The molecule has 1 unspecified atom stereocenters. The molecule has 0 amide bonds. The Morgan fingerprint density at radius 3 is 2.78 bits per heavy atom. The van der Waals surface area contributed by atoms with Crippen LogP contribution in [-0.4, -0.2) is 24.2 Å². The summed E-state index contributed by atoms with van der Waals surface area (Å²) < 4.78 is 0. The first-order valence-corrected chi connectivity index (χ1v) is 6.01. The smallest absolute Gasteiger partial charge is 0.306 e. The summed E-state index contributed by atoms with van der Waals surface area (Å²) in [4.78, 5) is 13.0. The minimum Gasteiger partial charge on any atom is -0.481 e. The number of carboxylic acid groups (broad SMARTS) is 1. The lowest BCUT2D eigenvalue weighted by Crippen LogP contribution is -2.51. The van der Waals surface area contributed by atoms with E-state index < -0.39 is 5.97 Å². The van der Waals surface area contributed by atoms with Crippen molar-refractivity contribution in [1.82, 2.24) is 0 Å². The zero-order valence-corrected chi connectivity index (χ0v) is 10.6. The lowest BCUT2D eigenvalue weighted by molar-refractivity contribution is -0.143. The van der Waals surface area contributed by atoms with Crippen LogP contribution >= 0.6 is 0 Å². The Kier molecular flexibility index (Phi) is 3.24. The average molecular weight is 244 g/mol. The van der Waals surface area contributed by atoms with E-state index in [1.54, 1.807) is 6.92 Å². The van der Waals surface area contributed by atoms with Crippen LogP contribution in [0.1, 0.15) is 18.1 Å². The number of benzene rings is 1. The average Bonchev–Trinajstić information content (AvgIpc) is 2.27. The molecule has 18 heavy (non-hydrogen) atoms. The molecule has 0 spiro atoms. The van der Waals surface area contributed by atoms with Crippen molar-refractivity contribution < 1.29 is 9.90 Å². The van der Waals surface area contributed by atoms with Crippen molar-refractivity contribution in [2.75, 3.05) is 18.0 Å². The van der Waals surface area contributed by atoms with E-state index in [4.69, 9.17) is 10.4 Å². The third-order valence-corrected chi connectivity index (χ3v) is 3.62. The summed E-state index contributed by atoms with van der Waals surface area (Å²) in [7, 11) is 0. The topological polar surface area (TPSA) is 64.3 Å². The zero-order chi connectivity index (χ0) is 13.3. The Bertz CT molecular complexity index is 513. The Morgan fingerprint density at radius 2 is 2.22 bits per heavy atom. The molecular weight excluding hydrogens is 228 g/mol. The van der Waals surface area contributed by atoms with Gasteiger partial charge in [0.2, 0.25) is 0 Å². The third-order valence-electron chi connectivity index (χ3n) is 3.62. The van der Waals surface area contributed by atoms with Gasteiger partial charge >= 0.3 is 5.97 Å². The Labute approximate surface area is 106 Å². The minimum atomic E-state index is -0.746. The summed E-state index contributed by atoms with van der Waals surface area (Å²) in [6.45, 7) is 5.16. The van der Waals surface area contributed by atoms with Crippen LogP contribution in [0, 0.1) is 30.1 Å². The minimum absolute atomic E-state index is 0.176. The van der Waals surface area contributed by atoms with Crippen molar-refractivity contribution in [2.45, 2.75) is 13.8 Å². The molecule has 2 rings (SSSR count). The highest BCUT2D eigenvalue weighted by Gasteiger charge is 2.35. The SMILES string of the molecule is Cc1ccc(C#N)c(N2CC(C(C)C(=O)O)C2)c1. The molecule has 0 saturated carbocycles. The molecule has 0 aliphatic carbocycles. The maximum atomic E-state index is 10.9. The van der Waals surface area contributed by atoms with Gasteiger partial charge in [-0.15, -0.1) is 0 Å². The van der Waals surface area contributed by atoms with Gasteiger partial charge in [-0.1, -0.05) is 13.0 Å². The molecule has 1 aliphatic heterocycles. The molecule has 1 atom stereocenters. The first-order valence-electron chi connectivity index (χ1n) is 6.01.